The first-order chi connectivity index (χ1) is 16.9. The summed E-state index contributed by atoms with van der Waals surface area (Å²) in [6.07, 6.45) is 0.155. The van der Waals surface area contributed by atoms with Crippen molar-refractivity contribution >= 4 is 22.6 Å². The molecule has 0 bridgehead atoms. The second-order valence-corrected chi connectivity index (χ2v) is 8.62. The van der Waals surface area contributed by atoms with E-state index in [0.29, 0.717) is 29.1 Å². The second kappa shape index (κ2) is 7.49. The Labute approximate surface area is 198 Å². The van der Waals surface area contributed by atoms with E-state index in [1.807, 2.05) is 30.3 Å². The van der Waals surface area contributed by atoms with Crippen molar-refractivity contribution in [1.82, 2.24) is 9.55 Å². The largest absolute Gasteiger partial charge is 0.470 e. The second-order valence-electron chi connectivity index (χ2n) is 8.62. The summed E-state index contributed by atoms with van der Waals surface area (Å²) in [6.45, 7) is 1.95. The van der Waals surface area contributed by atoms with Crippen LogP contribution in [0.25, 0.3) is 22.3 Å². The Morgan fingerprint density at radius 2 is 1.97 bits per heavy atom. The molecule has 4 aromatic rings. The summed E-state index contributed by atoms with van der Waals surface area (Å²) < 4.78 is 13.2. The SMILES string of the molecule is CC[C@@]1(Oc2cccc([N+](=O)[O-])c2)C(=O)OCc2c1cc1n(c2=O)Cc2cc3ccccc3nc2-1. The molecule has 2 aliphatic heterocycles. The van der Waals surface area contributed by atoms with Gasteiger partial charge in [0.1, 0.15) is 12.4 Å². The summed E-state index contributed by atoms with van der Waals surface area (Å²) in [4.78, 5) is 42.2. The zero-order chi connectivity index (χ0) is 24.3. The van der Waals surface area contributed by atoms with Crippen LogP contribution >= 0.6 is 0 Å². The smallest absolute Gasteiger partial charge is 0.355 e. The van der Waals surface area contributed by atoms with Crippen LogP contribution in [-0.2, 0) is 28.3 Å². The monoisotopic (exact) mass is 469 g/mol. The Kier molecular flexibility index (Phi) is 4.50. The zero-order valence-corrected chi connectivity index (χ0v) is 18.7. The lowest BCUT2D eigenvalue weighted by atomic mass is 9.85. The number of para-hydroxylation sites is 1. The topological polar surface area (TPSA) is 114 Å². The van der Waals surface area contributed by atoms with Gasteiger partial charge in [-0.15, -0.1) is 0 Å². The third kappa shape index (κ3) is 3.04. The molecule has 6 rings (SSSR count). The highest BCUT2D eigenvalue weighted by molar-refractivity contribution is 5.86. The first kappa shape index (κ1) is 21.0. The average molecular weight is 469 g/mol. The number of aromatic nitrogens is 2. The Balaban J connectivity index is 1.55. The maximum atomic E-state index is 13.6. The van der Waals surface area contributed by atoms with Crippen LogP contribution in [0, 0.1) is 10.1 Å². The summed E-state index contributed by atoms with van der Waals surface area (Å²) in [5.74, 6) is -0.510. The van der Waals surface area contributed by atoms with E-state index in [-0.39, 0.29) is 30.0 Å². The van der Waals surface area contributed by atoms with Crippen LogP contribution in [0.3, 0.4) is 0 Å². The first-order valence-corrected chi connectivity index (χ1v) is 11.2. The lowest BCUT2D eigenvalue weighted by Crippen LogP contribution is -2.48. The van der Waals surface area contributed by atoms with Crippen LogP contribution in [0.1, 0.15) is 30.0 Å². The lowest BCUT2D eigenvalue weighted by Gasteiger charge is -2.36. The van der Waals surface area contributed by atoms with E-state index < -0.39 is 16.5 Å². The molecule has 0 amide bonds. The molecule has 0 saturated carbocycles. The van der Waals surface area contributed by atoms with Crippen molar-refractivity contribution in [3.63, 3.8) is 0 Å². The number of cyclic esters (lactones) is 1. The molecule has 4 heterocycles. The van der Waals surface area contributed by atoms with E-state index >= 15 is 0 Å². The minimum atomic E-state index is -1.63. The Bertz CT molecular complexity index is 1630. The van der Waals surface area contributed by atoms with Crippen molar-refractivity contribution in [2.45, 2.75) is 32.1 Å². The number of hydrogen-bond donors (Lipinski definition) is 0. The summed E-state index contributed by atoms with van der Waals surface area (Å²) in [5.41, 5.74) is 1.67. The van der Waals surface area contributed by atoms with Gasteiger partial charge in [-0.1, -0.05) is 31.2 Å². The average Bonchev–Trinajstić information content (AvgIpc) is 3.22. The third-order valence-corrected chi connectivity index (χ3v) is 6.71. The quantitative estimate of drug-likeness (QED) is 0.221. The number of esters is 1. The lowest BCUT2D eigenvalue weighted by molar-refractivity contribution is -0.385. The summed E-state index contributed by atoms with van der Waals surface area (Å²) >= 11 is 0. The van der Waals surface area contributed by atoms with Gasteiger partial charge in [-0.25, -0.2) is 9.78 Å². The summed E-state index contributed by atoms with van der Waals surface area (Å²) in [6, 6.07) is 17.1. The highest BCUT2D eigenvalue weighted by Gasteiger charge is 2.49. The minimum absolute atomic E-state index is 0.135. The molecule has 2 aromatic heterocycles. The highest BCUT2D eigenvalue weighted by Crippen LogP contribution is 2.41. The van der Waals surface area contributed by atoms with Crippen LogP contribution < -0.4 is 10.3 Å². The standard InChI is InChI=1S/C26H19N3O6/c1-2-26(35-18-8-5-7-17(11-18)29(32)33)20-12-22-23-16(10-15-6-3-4-9-21(15)27-23)13-28(22)24(30)19(20)14-34-25(26)31/h3-12H,2,13-14H2,1H3/t26-/m0/s1. The molecule has 0 N–H and O–H groups in total. The molecule has 2 aliphatic rings. The maximum absolute atomic E-state index is 13.6. The number of nitro benzene ring substituents is 1. The maximum Gasteiger partial charge on any atom is 0.355 e. The van der Waals surface area contributed by atoms with Gasteiger partial charge in [0.25, 0.3) is 11.2 Å². The van der Waals surface area contributed by atoms with E-state index in [0.717, 1.165) is 16.5 Å². The van der Waals surface area contributed by atoms with E-state index in [4.69, 9.17) is 14.5 Å². The van der Waals surface area contributed by atoms with Gasteiger partial charge in [0.05, 0.1) is 40.0 Å². The number of pyridine rings is 2. The molecule has 0 saturated heterocycles. The molecule has 0 spiro atoms. The molecular formula is C26H19N3O6. The number of nitrogens with zero attached hydrogens (tertiary/aromatic N) is 3. The van der Waals surface area contributed by atoms with E-state index in [1.54, 1.807) is 17.6 Å². The molecule has 0 aliphatic carbocycles. The summed E-state index contributed by atoms with van der Waals surface area (Å²) in [5, 5.41) is 12.2. The molecule has 1 atom stereocenters. The van der Waals surface area contributed by atoms with E-state index in [1.165, 1.54) is 24.3 Å². The molecule has 9 heteroatoms. The number of rotatable bonds is 4. The van der Waals surface area contributed by atoms with Gasteiger partial charge in [-0.05, 0) is 30.7 Å². The van der Waals surface area contributed by atoms with Crippen LogP contribution in [0.2, 0.25) is 0 Å². The van der Waals surface area contributed by atoms with Gasteiger partial charge in [-0.3, -0.25) is 14.9 Å². The van der Waals surface area contributed by atoms with Crippen molar-refractivity contribution < 1.29 is 19.2 Å². The van der Waals surface area contributed by atoms with Crippen LogP contribution in [0.15, 0.2) is 65.5 Å². The molecule has 0 fully saturated rings. The minimum Gasteiger partial charge on any atom is -0.470 e. The number of ether oxygens (including phenoxy) is 2. The number of nitro groups is 1. The van der Waals surface area contributed by atoms with Crippen molar-refractivity contribution in [2.24, 2.45) is 0 Å². The van der Waals surface area contributed by atoms with Gasteiger partial charge in [0, 0.05) is 22.6 Å². The van der Waals surface area contributed by atoms with Gasteiger partial charge in [0.15, 0.2) is 0 Å². The van der Waals surface area contributed by atoms with Gasteiger partial charge in [0.2, 0.25) is 5.60 Å². The number of carbonyl (C=O) groups is 1. The van der Waals surface area contributed by atoms with Crippen LogP contribution in [0.4, 0.5) is 5.69 Å². The molecule has 35 heavy (non-hydrogen) atoms. The predicted molar refractivity (Wildman–Crippen MR) is 126 cm³/mol. The Morgan fingerprint density at radius 1 is 1.14 bits per heavy atom. The first-order valence-electron chi connectivity index (χ1n) is 11.2. The molecular weight excluding hydrogens is 450 g/mol. The molecule has 174 valence electrons. The molecule has 2 aromatic carbocycles. The predicted octanol–water partition coefficient (Wildman–Crippen LogP) is 4.07. The van der Waals surface area contributed by atoms with Crippen molar-refractivity contribution in [3.8, 4) is 17.1 Å². The van der Waals surface area contributed by atoms with Crippen LogP contribution in [0.5, 0.6) is 5.75 Å². The number of fused-ring (bicyclic) bond motifs is 5. The fourth-order valence-electron chi connectivity index (χ4n) is 4.94. The normalized spacial score (nSPS) is 17.9. The number of carbonyl (C=O) groups excluding carboxylic acids is 1. The van der Waals surface area contributed by atoms with Crippen LogP contribution in [-0.4, -0.2) is 20.4 Å². The van der Waals surface area contributed by atoms with Gasteiger partial charge in [-0.2, -0.15) is 0 Å². The van der Waals surface area contributed by atoms with Crippen molar-refractivity contribution in [3.05, 3.63) is 97.8 Å². The fraction of sp³-hybridized carbons (Fsp3) is 0.192. The Hall–Kier alpha value is -4.53. The van der Waals surface area contributed by atoms with Gasteiger partial charge < -0.3 is 14.0 Å². The van der Waals surface area contributed by atoms with Gasteiger partial charge >= 0.3 is 5.97 Å². The summed E-state index contributed by atoms with van der Waals surface area (Å²) in [7, 11) is 0. The van der Waals surface area contributed by atoms with E-state index in [2.05, 4.69) is 0 Å². The molecule has 0 unspecified atom stereocenters. The fourth-order valence-corrected chi connectivity index (χ4v) is 4.94. The van der Waals surface area contributed by atoms with E-state index in [9.17, 15) is 19.7 Å². The molecule has 0 radical (unpaired) electrons. The van der Waals surface area contributed by atoms with Crippen molar-refractivity contribution in [1.29, 1.82) is 0 Å². The number of hydrogen-bond acceptors (Lipinski definition) is 7. The number of benzene rings is 2. The Morgan fingerprint density at radius 3 is 2.77 bits per heavy atom. The van der Waals surface area contributed by atoms with Crippen molar-refractivity contribution in [2.75, 3.05) is 0 Å². The highest BCUT2D eigenvalue weighted by atomic mass is 16.6. The zero-order valence-electron chi connectivity index (χ0n) is 18.7. The third-order valence-electron chi connectivity index (χ3n) is 6.71. The molecule has 9 nitrogen and oxygen atoms in total. The number of non-ortho nitro benzene ring substituents is 1.